The molecule has 1 saturated carbocycles. The molecule has 1 aliphatic carbocycles. The average molecular weight is 188 g/mol. The van der Waals surface area contributed by atoms with Gasteiger partial charge in [0.2, 0.25) is 0 Å². The summed E-state index contributed by atoms with van der Waals surface area (Å²) in [6, 6.07) is 0.222. The molecule has 1 fully saturated rings. The van der Waals surface area contributed by atoms with Crippen molar-refractivity contribution in [3.8, 4) is 0 Å². The van der Waals surface area contributed by atoms with Crippen molar-refractivity contribution in [2.24, 2.45) is 5.73 Å². The average Bonchev–Trinajstić information content (AvgIpc) is 1.91. The fraction of sp³-hybridized carbons (Fsp3) is 1.00. The van der Waals surface area contributed by atoms with Crippen LogP contribution in [0.1, 0.15) is 19.3 Å². The summed E-state index contributed by atoms with van der Waals surface area (Å²) in [7, 11) is 0. The van der Waals surface area contributed by atoms with Gasteiger partial charge in [-0.1, -0.05) is 12.8 Å². The van der Waals surface area contributed by atoms with Crippen molar-refractivity contribution in [1.29, 1.82) is 0 Å². The second-order valence-corrected chi connectivity index (χ2v) is 2.20. The van der Waals surface area contributed by atoms with Crippen LogP contribution in [0.2, 0.25) is 0 Å². The van der Waals surface area contributed by atoms with E-state index < -0.39 is 0 Å². The van der Waals surface area contributed by atoms with E-state index in [2.05, 4.69) is 0 Å². The van der Waals surface area contributed by atoms with Gasteiger partial charge in [0.25, 0.3) is 0 Å². The Kier molecular flexibility index (Phi) is 4.44. The van der Waals surface area contributed by atoms with E-state index in [1.54, 1.807) is 0 Å². The molecule has 0 unspecified atom stereocenters. The summed E-state index contributed by atoms with van der Waals surface area (Å²) in [5.74, 6) is 0. The molecular formula is C5H11N2Y-. The first-order chi connectivity index (χ1) is 3.30. The Labute approximate surface area is 75.3 Å². The Bertz CT molecular complexity index is 59.4. The fourth-order valence-corrected chi connectivity index (χ4v) is 0.989. The van der Waals surface area contributed by atoms with Gasteiger partial charge in [0.05, 0.1) is 0 Å². The van der Waals surface area contributed by atoms with E-state index in [1.807, 2.05) is 0 Å². The van der Waals surface area contributed by atoms with Gasteiger partial charge >= 0.3 is 0 Å². The van der Waals surface area contributed by atoms with Crippen molar-refractivity contribution in [2.45, 2.75) is 31.3 Å². The topological polar surface area (TPSA) is 49.8 Å². The van der Waals surface area contributed by atoms with Crippen LogP contribution in [0, 0.1) is 0 Å². The standard InChI is InChI=1S/C5H11N2.Y/c6-4-2-1-3-5(4)7;/h4-6H,1-3,7H2;/q-1;/t4-,5-;/m1./s1. The van der Waals surface area contributed by atoms with E-state index >= 15 is 0 Å². The van der Waals surface area contributed by atoms with E-state index in [0.29, 0.717) is 0 Å². The Morgan fingerprint density at radius 2 is 2.00 bits per heavy atom. The fourth-order valence-electron chi connectivity index (χ4n) is 0.989. The maximum atomic E-state index is 7.21. The molecule has 1 radical (unpaired) electrons. The van der Waals surface area contributed by atoms with E-state index in [1.165, 1.54) is 0 Å². The van der Waals surface area contributed by atoms with Crippen molar-refractivity contribution in [2.75, 3.05) is 0 Å². The summed E-state index contributed by atoms with van der Waals surface area (Å²) in [6.07, 6.45) is 3.24. The van der Waals surface area contributed by atoms with E-state index in [0.717, 1.165) is 19.3 Å². The second kappa shape index (κ2) is 3.94. The van der Waals surface area contributed by atoms with Crippen LogP contribution >= 0.6 is 0 Å². The monoisotopic (exact) mass is 188 g/mol. The summed E-state index contributed by atoms with van der Waals surface area (Å²) < 4.78 is 0. The summed E-state index contributed by atoms with van der Waals surface area (Å²) in [5, 5.41) is 0. The molecule has 0 aliphatic heterocycles. The minimum Gasteiger partial charge on any atom is -0.673 e. The van der Waals surface area contributed by atoms with Gasteiger partial charge in [0, 0.05) is 32.7 Å². The van der Waals surface area contributed by atoms with E-state index in [4.69, 9.17) is 11.5 Å². The van der Waals surface area contributed by atoms with E-state index in [-0.39, 0.29) is 44.8 Å². The number of hydrogen-bond donors (Lipinski definition) is 1. The van der Waals surface area contributed by atoms with Crippen molar-refractivity contribution in [3.63, 3.8) is 0 Å². The maximum Gasteiger partial charge on any atom is 0 e. The molecule has 0 aromatic rings. The van der Waals surface area contributed by atoms with Gasteiger partial charge in [-0.25, -0.2) is 0 Å². The molecule has 0 bridgehead atoms. The number of nitrogens with one attached hydrogen (secondary N) is 1. The van der Waals surface area contributed by atoms with Crippen molar-refractivity contribution in [1.82, 2.24) is 0 Å². The van der Waals surface area contributed by atoms with Crippen LogP contribution in [0.15, 0.2) is 0 Å². The SMILES string of the molecule is [NH-][C@@H]1CCC[C@H]1N.[Y]. The van der Waals surface area contributed by atoms with Crippen LogP contribution < -0.4 is 5.73 Å². The second-order valence-electron chi connectivity index (χ2n) is 2.20. The quantitative estimate of drug-likeness (QED) is 0.603. The van der Waals surface area contributed by atoms with Gasteiger partial charge in [-0.15, -0.1) is 6.04 Å². The molecule has 0 aromatic carbocycles. The van der Waals surface area contributed by atoms with Gasteiger partial charge in [-0.2, -0.15) is 0 Å². The smallest absolute Gasteiger partial charge is 0 e. The maximum absolute atomic E-state index is 7.21. The first kappa shape index (κ1) is 9.02. The molecule has 0 heterocycles. The molecule has 0 spiro atoms. The largest absolute Gasteiger partial charge is 0.673 e. The minimum absolute atomic E-state index is 0. The van der Waals surface area contributed by atoms with Gasteiger partial charge in [-0.3, -0.25) is 0 Å². The number of nitrogens with two attached hydrogens (primary N) is 1. The Morgan fingerprint density at radius 3 is 2.12 bits per heavy atom. The summed E-state index contributed by atoms with van der Waals surface area (Å²) >= 11 is 0. The van der Waals surface area contributed by atoms with Crippen molar-refractivity contribution in [3.05, 3.63) is 5.73 Å². The van der Waals surface area contributed by atoms with Crippen LogP contribution in [0.5, 0.6) is 0 Å². The third-order valence-corrected chi connectivity index (χ3v) is 1.57. The van der Waals surface area contributed by atoms with Crippen LogP contribution in [0.25, 0.3) is 5.73 Å². The molecule has 3 heteroatoms. The summed E-state index contributed by atoms with van der Waals surface area (Å²) in [4.78, 5) is 0. The molecule has 8 heavy (non-hydrogen) atoms. The molecular weight excluding hydrogens is 177 g/mol. The van der Waals surface area contributed by atoms with Gasteiger partial charge in [0.15, 0.2) is 0 Å². The normalized spacial score (nSPS) is 36.8. The molecule has 0 aromatic heterocycles. The number of rotatable bonds is 0. The molecule has 1 rings (SSSR count). The Balaban J connectivity index is 0.000000490. The molecule has 0 saturated heterocycles. The van der Waals surface area contributed by atoms with Crippen LogP contribution in [0.3, 0.4) is 0 Å². The Hall–Kier alpha value is 1.02. The zero-order valence-electron chi connectivity index (χ0n) is 4.93. The Morgan fingerprint density at radius 1 is 1.38 bits per heavy atom. The molecule has 3 N–H and O–H groups in total. The predicted octanol–water partition coefficient (Wildman–Crippen LogP) is 0.916. The minimum atomic E-state index is 0. The zero-order chi connectivity index (χ0) is 5.28. The van der Waals surface area contributed by atoms with Crippen LogP contribution in [0.4, 0.5) is 0 Å². The number of hydrogen-bond acceptors (Lipinski definition) is 1. The third kappa shape index (κ3) is 2.10. The van der Waals surface area contributed by atoms with Gasteiger partial charge in [-0.05, 0) is 12.5 Å². The van der Waals surface area contributed by atoms with Crippen molar-refractivity contribution < 1.29 is 32.7 Å². The zero-order valence-corrected chi connectivity index (χ0v) is 7.77. The van der Waals surface area contributed by atoms with Crippen molar-refractivity contribution >= 4 is 0 Å². The molecule has 0 amide bonds. The summed E-state index contributed by atoms with van der Waals surface area (Å²) in [5.41, 5.74) is 12.7. The van der Waals surface area contributed by atoms with Gasteiger partial charge in [0.1, 0.15) is 0 Å². The van der Waals surface area contributed by atoms with Gasteiger partial charge < -0.3 is 11.5 Å². The summed E-state index contributed by atoms with van der Waals surface area (Å²) in [6.45, 7) is 0. The predicted molar refractivity (Wildman–Crippen MR) is 29.9 cm³/mol. The molecule has 45 valence electrons. The first-order valence-corrected chi connectivity index (χ1v) is 2.77. The molecule has 1 aliphatic rings. The van der Waals surface area contributed by atoms with E-state index in [9.17, 15) is 0 Å². The van der Waals surface area contributed by atoms with Crippen LogP contribution in [-0.2, 0) is 32.7 Å². The molecule has 2 nitrogen and oxygen atoms in total. The molecule has 2 atom stereocenters. The first-order valence-electron chi connectivity index (χ1n) is 2.77. The third-order valence-electron chi connectivity index (χ3n) is 1.57. The van der Waals surface area contributed by atoms with Crippen LogP contribution in [-0.4, -0.2) is 12.1 Å².